The third-order valence-electron chi connectivity index (χ3n) is 2.31. The summed E-state index contributed by atoms with van der Waals surface area (Å²) in [5, 5.41) is 0. The van der Waals surface area contributed by atoms with Crippen molar-refractivity contribution >= 4 is 11.8 Å². The van der Waals surface area contributed by atoms with Crippen LogP contribution in [0.3, 0.4) is 0 Å². The maximum Gasteiger partial charge on any atom is 0.203 e. The van der Waals surface area contributed by atoms with E-state index in [0.29, 0.717) is 0 Å². The Morgan fingerprint density at radius 1 is 0.938 bits per heavy atom. The van der Waals surface area contributed by atoms with Gasteiger partial charge in [0.1, 0.15) is 0 Å². The third kappa shape index (κ3) is 2.67. The Bertz CT molecular complexity index is 483. The first kappa shape index (κ1) is 10.4. The molecule has 0 fully saturated rings. The van der Waals surface area contributed by atoms with E-state index >= 15 is 0 Å². The van der Waals surface area contributed by atoms with Crippen LogP contribution in [0.15, 0.2) is 73.6 Å². The highest BCUT2D eigenvalue weighted by Gasteiger charge is 1.99. The summed E-state index contributed by atoms with van der Waals surface area (Å²) >= 11 is 0. The van der Waals surface area contributed by atoms with Crippen LogP contribution < -0.4 is 4.57 Å². The Morgan fingerprint density at radius 2 is 1.56 bits per heavy atom. The standard InChI is InChI=1S/C15H14N/c1-14(16-12-6-3-7-13-16)10-11-15-8-4-2-5-9-15/h2-13H,1H2/q+1/b11-10+. The molecule has 1 aromatic carbocycles. The molecule has 0 amide bonds. The number of nitrogens with zero attached hydrogens (tertiary/aromatic N) is 1. The van der Waals surface area contributed by atoms with Crippen LogP contribution in [-0.4, -0.2) is 0 Å². The summed E-state index contributed by atoms with van der Waals surface area (Å²) in [6.07, 6.45) is 8.03. The maximum absolute atomic E-state index is 4.02. The van der Waals surface area contributed by atoms with Gasteiger partial charge in [-0.15, -0.1) is 0 Å². The van der Waals surface area contributed by atoms with E-state index in [1.54, 1.807) is 0 Å². The highest BCUT2D eigenvalue weighted by molar-refractivity contribution is 5.60. The van der Waals surface area contributed by atoms with Crippen LogP contribution in [0.25, 0.3) is 11.8 Å². The van der Waals surface area contributed by atoms with Gasteiger partial charge in [-0.05, 0) is 18.2 Å². The van der Waals surface area contributed by atoms with Crippen molar-refractivity contribution < 1.29 is 4.57 Å². The highest BCUT2D eigenvalue weighted by Crippen LogP contribution is 2.03. The van der Waals surface area contributed by atoms with Gasteiger partial charge >= 0.3 is 0 Å². The van der Waals surface area contributed by atoms with Gasteiger partial charge in [0, 0.05) is 18.2 Å². The summed E-state index contributed by atoms with van der Waals surface area (Å²) in [6, 6.07) is 16.2. The predicted octanol–water partition coefficient (Wildman–Crippen LogP) is 3.16. The second kappa shape index (κ2) is 5.08. The zero-order valence-electron chi connectivity index (χ0n) is 9.08. The van der Waals surface area contributed by atoms with E-state index in [-0.39, 0.29) is 0 Å². The molecule has 0 saturated carbocycles. The lowest BCUT2D eigenvalue weighted by Gasteiger charge is -1.93. The highest BCUT2D eigenvalue weighted by atomic mass is 14.9. The van der Waals surface area contributed by atoms with Gasteiger partial charge in [0.15, 0.2) is 12.4 Å². The van der Waals surface area contributed by atoms with Crippen LogP contribution in [0, 0.1) is 0 Å². The first-order chi connectivity index (χ1) is 7.86. The number of hydrogen-bond acceptors (Lipinski definition) is 0. The lowest BCUT2D eigenvalue weighted by atomic mass is 10.2. The Morgan fingerprint density at radius 3 is 2.25 bits per heavy atom. The second-order valence-electron chi connectivity index (χ2n) is 3.52. The molecule has 0 bridgehead atoms. The topological polar surface area (TPSA) is 3.88 Å². The zero-order valence-corrected chi connectivity index (χ0v) is 9.08. The Kier molecular flexibility index (Phi) is 3.29. The summed E-state index contributed by atoms with van der Waals surface area (Å²) < 4.78 is 1.99. The smallest absolute Gasteiger partial charge is 0.168 e. The van der Waals surface area contributed by atoms with E-state index in [4.69, 9.17) is 0 Å². The summed E-state index contributed by atoms with van der Waals surface area (Å²) in [5.41, 5.74) is 2.13. The van der Waals surface area contributed by atoms with Crippen LogP contribution >= 0.6 is 0 Å². The van der Waals surface area contributed by atoms with Crippen molar-refractivity contribution in [1.82, 2.24) is 0 Å². The van der Waals surface area contributed by atoms with E-state index < -0.39 is 0 Å². The number of rotatable bonds is 3. The van der Waals surface area contributed by atoms with Crippen molar-refractivity contribution in [2.75, 3.05) is 0 Å². The van der Waals surface area contributed by atoms with Crippen molar-refractivity contribution in [3.63, 3.8) is 0 Å². The molecule has 2 rings (SSSR count). The summed E-state index contributed by atoms with van der Waals surface area (Å²) in [5.74, 6) is 0. The van der Waals surface area contributed by atoms with Crippen molar-refractivity contribution in [3.8, 4) is 0 Å². The second-order valence-corrected chi connectivity index (χ2v) is 3.52. The molecule has 0 N–H and O–H groups in total. The van der Waals surface area contributed by atoms with Crippen LogP contribution in [0.1, 0.15) is 5.56 Å². The van der Waals surface area contributed by atoms with Gasteiger partial charge in [-0.3, -0.25) is 0 Å². The first-order valence-corrected chi connectivity index (χ1v) is 5.25. The largest absolute Gasteiger partial charge is 0.203 e. The number of pyridine rings is 1. The van der Waals surface area contributed by atoms with Gasteiger partial charge in [0.2, 0.25) is 5.70 Å². The Balaban J connectivity index is 2.12. The molecule has 2 aromatic rings. The average Bonchev–Trinajstić information content (AvgIpc) is 2.38. The van der Waals surface area contributed by atoms with Crippen LogP contribution in [0.4, 0.5) is 0 Å². The average molecular weight is 208 g/mol. The molecule has 0 unspecified atom stereocenters. The molecule has 0 aliphatic heterocycles. The van der Waals surface area contributed by atoms with Crippen LogP contribution in [-0.2, 0) is 0 Å². The predicted molar refractivity (Wildman–Crippen MR) is 67.4 cm³/mol. The number of aromatic nitrogens is 1. The molecular formula is C15H14N+. The maximum atomic E-state index is 4.02. The monoisotopic (exact) mass is 208 g/mol. The van der Waals surface area contributed by atoms with Gasteiger partial charge < -0.3 is 0 Å². The normalized spacial score (nSPS) is 10.5. The minimum atomic E-state index is 0.949. The van der Waals surface area contributed by atoms with Crippen molar-refractivity contribution in [1.29, 1.82) is 0 Å². The fourth-order valence-corrected chi connectivity index (χ4v) is 1.43. The molecule has 78 valence electrons. The molecule has 1 heterocycles. The molecule has 0 saturated heterocycles. The van der Waals surface area contributed by atoms with Crippen molar-refractivity contribution in [2.24, 2.45) is 0 Å². The third-order valence-corrected chi connectivity index (χ3v) is 2.31. The van der Waals surface area contributed by atoms with E-state index in [0.717, 1.165) is 5.70 Å². The van der Waals surface area contributed by atoms with Gasteiger partial charge in [0.25, 0.3) is 0 Å². The molecule has 16 heavy (non-hydrogen) atoms. The number of hydrogen-bond donors (Lipinski definition) is 0. The molecule has 1 nitrogen and oxygen atoms in total. The van der Waals surface area contributed by atoms with Gasteiger partial charge in [0.05, 0.1) is 0 Å². The fourth-order valence-electron chi connectivity index (χ4n) is 1.43. The number of benzene rings is 1. The van der Waals surface area contributed by atoms with Gasteiger partial charge in [-0.1, -0.05) is 36.4 Å². The van der Waals surface area contributed by atoms with E-state index in [1.807, 2.05) is 59.4 Å². The quantitative estimate of drug-likeness (QED) is 0.539. The molecule has 0 atom stereocenters. The van der Waals surface area contributed by atoms with Crippen LogP contribution in [0.5, 0.6) is 0 Å². The summed E-state index contributed by atoms with van der Waals surface area (Å²) in [6.45, 7) is 4.02. The first-order valence-electron chi connectivity index (χ1n) is 5.25. The Hall–Kier alpha value is -2.15. The minimum Gasteiger partial charge on any atom is -0.168 e. The zero-order chi connectivity index (χ0) is 11.2. The molecule has 0 aliphatic carbocycles. The fraction of sp³-hybridized carbons (Fsp3) is 0. The lowest BCUT2D eigenvalue weighted by molar-refractivity contribution is -0.578. The van der Waals surface area contributed by atoms with Gasteiger partial charge in [-0.25, -0.2) is 0 Å². The Labute approximate surface area is 96.0 Å². The van der Waals surface area contributed by atoms with Gasteiger partial charge in [-0.2, -0.15) is 4.57 Å². The molecular weight excluding hydrogens is 194 g/mol. The summed E-state index contributed by atoms with van der Waals surface area (Å²) in [7, 11) is 0. The molecule has 0 spiro atoms. The van der Waals surface area contributed by atoms with E-state index in [2.05, 4.69) is 24.8 Å². The van der Waals surface area contributed by atoms with Crippen molar-refractivity contribution in [2.45, 2.75) is 0 Å². The molecule has 1 aromatic heterocycles. The SMILES string of the molecule is C=C(/C=C/c1ccccc1)[n+]1ccccc1. The van der Waals surface area contributed by atoms with Crippen molar-refractivity contribution in [3.05, 3.63) is 79.1 Å². The summed E-state index contributed by atoms with van der Waals surface area (Å²) in [4.78, 5) is 0. The molecule has 0 aliphatic rings. The molecule has 1 heteroatoms. The van der Waals surface area contributed by atoms with Crippen LogP contribution in [0.2, 0.25) is 0 Å². The number of allylic oxidation sites excluding steroid dienone is 2. The lowest BCUT2D eigenvalue weighted by Crippen LogP contribution is -2.28. The molecule has 0 radical (unpaired) electrons. The minimum absolute atomic E-state index is 0.949. The van der Waals surface area contributed by atoms with E-state index in [1.165, 1.54) is 5.56 Å². The van der Waals surface area contributed by atoms with E-state index in [9.17, 15) is 0 Å².